The van der Waals surface area contributed by atoms with Crippen LogP contribution in [0.4, 0.5) is 5.82 Å². The van der Waals surface area contributed by atoms with E-state index in [9.17, 15) is 0 Å². The van der Waals surface area contributed by atoms with Crippen molar-refractivity contribution >= 4 is 16.7 Å². The number of furan rings is 1. The van der Waals surface area contributed by atoms with E-state index in [1.54, 1.807) is 6.26 Å². The van der Waals surface area contributed by atoms with Gasteiger partial charge in [0, 0.05) is 11.4 Å². The number of rotatable bonds is 4. The molecule has 2 heterocycles. The molecule has 0 saturated carbocycles. The second kappa shape index (κ2) is 6.40. The molecule has 4 nitrogen and oxygen atoms in total. The first kappa shape index (κ1) is 15.4. The van der Waals surface area contributed by atoms with Gasteiger partial charge in [0.05, 0.1) is 11.8 Å². The van der Waals surface area contributed by atoms with E-state index in [1.807, 2.05) is 36.4 Å². The van der Waals surface area contributed by atoms with Gasteiger partial charge in [0.2, 0.25) is 0 Å². The lowest BCUT2D eigenvalue weighted by molar-refractivity contribution is 0.577. The van der Waals surface area contributed by atoms with Gasteiger partial charge in [0.15, 0.2) is 11.6 Å². The zero-order valence-corrected chi connectivity index (χ0v) is 14.2. The Labute approximate surface area is 146 Å². The molecule has 4 rings (SSSR count). The summed E-state index contributed by atoms with van der Waals surface area (Å²) in [7, 11) is 0. The van der Waals surface area contributed by atoms with Gasteiger partial charge in [-0.1, -0.05) is 42.0 Å². The average molecular weight is 329 g/mol. The van der Waals surface area contributed by atoms with Gasteiger partial charge in [-0.2, -0.15) is 0 Å². The van der Waals surface area contributed by atoms with Crippen LogP contribution in [0, 0.1) is 6.92 Å². The molecule has 0 aliphatic carbocycles. The first-order chi connectivity index (χ1) is 12.2. The molecule has 2 aromatic carbocycles. The van der Waals surface area contributed by atoms with E-state index in [-0.39, 0.29) is 6.04 Å². The Balaban J connectivity index is 1.81. The molecule has 0 spiro atoms. The van der Waals surface area contributed by atoms with Crippen LogP contribution in [0.5, 0.6) is 0 Å². The van der Waals surface area contributed by atoms with Gasteiger partial charge < -0.3 is 9.73 Å². The topological polar surface area (TPSA) is 51.0 Å². The summed E-state index contributed by atoms with van der Waals surface area (Å²) in [6, 6.07) is 20.4. The number of fused-ring (bicyclic) bond motifs is 1. The van der Waals surface area contributed by atoms with E-state index < -0.39 is 0 Å². The lowest BCUT2D eigenvalue weighted by Crippen LogP contribution is -2.09. The second-order valence-electron chi connectivity index (χ2n) is 6.17. The highest BCUT2D eigenvalue weighted by Crippen LogP contribution is 2.28. The molecular weight excluding hydrogens is 310 g/mol. The molecular formula is C21H19N3O. The highest BCUT2D eigenvalue weighted by atomic mass is 16.3. The quantitative estimate of drug-likeness (QED) is 0.547. The third kappa shape index (κ3) is 3.11. The van der Waals surface area contributed by atoms with Crippen LogP contribution in [0.15, 0.2) is 71.3 Å². The Bertz CT molecular complexity index is 995. The minimum atomic E-state index is 0.129. The van der Waals surface area contributed by atoms with Crippen LogP contribution in [0.25, 0.3) is 22.5 Å². The van der Waals surface area contributed by atoms with E-state index in [0.717, 1.165) is 16.7 Å². The maximum Gasteiger partial charge on any atom is 0.198 e. The van der Waals surface area contributed by atoms with Crippen LogP contribution >= 0.6 is 0 Å². The number of hydrogen-bond acceptors (Lipinski definition) is 4. The molecule has 1 N–H and O–H groups in total. The second-order valence-corrected chi connectivity index (χ2v) is 6.17. The lowest BCUT2D eigenvalue weighted by atomic mass is 10.1. The van der Waals surface area contributed by atoms with Crippen molar-refractivity contribution in [2.75, 3.05) is 5.32 Å². The fraction of sp³-hybridized carbons (Fsp3) is 0.143. The molecule has 4 heteroatoms. The predicted molar refractivity (Wildman–Crippen MR) is 100 cm³/mol. The summed E-state index contributed by atoms with van der Waals surface area (Å²) in [6.07, 6.45) is 1.64. The van der Waals surface area contributed by atoms with E-state index in [4.69, 9.17) is 9.40 Å². The smallest absolute Gasteiger partial charge is 0.198 e. The number of hydrogen-bond donors (Lipinski definition) is 1. The largest absolute Gasteiger partial charge is 0.461 e. The average Bonchev–Trinajstić information content (AvgIpc) is 3.17. The SMILES string of the molecule is Cc1ccc2nc(-c3ccco3)nc(N[C@H](C)c3ccccc3)c2c1. The fourth-order valence-corrected chi connectivity index (χ4v) is 2.90. The molecule has 25 heavy (non-hydrogen) atoms. The molecule has 0 unspecified atom stereocenters. The van der Waals surface area contributed by atoms with Gasteiger partial charge in [-0.3, -0.25) is 0 Å². The number of benzene rings is 2. The zero-order chi connectivity index (χ0) is 17.2. The number of anilines is 1. The summed E-state index contributed by atoms with van der Waals surface area (Å²) in [5.41, 5.74) is 3.29. The summed E-state index contributed by atoms with van der Waals surface area (Å²) < 4.78 is 5.48. The third-order valence-corrected chi connectivity index (χ3v) is 4.25. The maximum atomic E-state index is 5.48. The van der Waals surface area contributed by atoms with Crippen molar-refractivity contribution in [3.63, 3.8) is 0 Å². The summed E-state index contributed by atoms with van der Waals surface area (Å²) >= 11 is 0. The van der Waals surface area contributed by atoms with E-state index in [0.29, 0.717) is 11.6 Å². The van der Waals surface area contributed by atoms with Crippen molar-refractivity contribution < 1.29 is 4.42 Å². The molecule has 0 fully saturated rings. The zero-order valence-electron chi connectivity index (χ0n) is 14.2. The first-order valence-corrected chi connectivity index (χ1v) is 8.34. The summed E-state index contributed by atoms with van der Waals surface area (Å²) in [6.45, 7) is 4.20. The maximum absolute atomic E-state index is 5.48. The van der Waals surface area contributed by atoms with E-state index in [1.165, 1.54) is 11.1 Å². The Morgan fingerprint density at radius 1 is 0.960 bits per heavy atom. The molecule has 1 atom stereocenters. The minimum Gasteiger partial charge on any atom is -0.461 e. The van der Waals surface area contributed by atoms with Crippen LogP contribution in [0.2, 0.25) is 0 Å². The highest BCUT2D eigenvalue weighted by molar-refractivity contribution is 5.91. The minimum absolute atomic E-state index is 0.129. The van der Waals surface area contributed by atoms with Crippen LogP contribution in [-0.2, 0) is 0 Å². The van der Waals surface area contributed by atoms with Crippen LogP contribution < -0.4 is 5.32 Å². The van der Waals surface area contributed by atoms with Crippen molar-refractivity contribution in [1.82, 2.24) is 9.97 Å². The van der Waals surface area contributed by atoms with Crippen LogP contribution in [-0.4, -0.2) is 9.97 Å². The van der Waals surface area contributed by atoms with Gasteiger partial charge in [-0.15, -0.1) is 0 Å². The Morgan fingerprint density at radius 3 is 2.56 bits per heavy atom. The predicted octanol–water partition coefficient (Wildman–Crippen LogP) is 5.37. The van der Waals surface area contributed by atoms with Gasteiger partial charge >= 0.3 is 0 Å². The molecule has 0 amide bonds. The molecule has 0 aliphatic rings. The number of aryl methyl sites for hydroxylation is 1. The highest BCUT2D eigenvalue weighted by Gasteiger charge is 2.14. The Morgan fingerprint density at radius 2 is 1.80 bits per heavy atom. The molecule has 4 aromatic rings. The van der Waals surface area contributed by atoms with Gasteiger partial charge in [0.1, 0.15) is 5.82 Å². The summed E-state index contributed by atoms with van der Waals surface area (Å²) in [5.74, 6) is 2.07. The molecule has 2 aromatic heterocycles. The number of nitrogens with one attached hydrogen (secondary N) is 1. The summed E-state index contributed by atoms with van der Waals surface area (Å²) in [5, 5.41) is 4.55. The molecule has 124 valence electrons. The van der Waals surface area contributed by atoms with Crippen molar-refractivity contribution in [2.24, 2.45) is 0 Å². The van der Waals surface area contributed by atoms with Crippen molar-refractivity contribution in [2.45, 2.75) is 19.9 Å². The normalized spacial score (nSPS) is 12.2. The van der Waals surface area contributed by atoms with Crippen LogP contribution in [0.3, 0.4) is 0 Å². The lowest BCUT2D eigenvalue weighted by Gasteiger charge is -2.17. The van der Waals surface area contributed by atoms with Gasteiger partial charge in [0.25, 0.3) is 0 Å². The van der Waals surface area contributed by atoms with Crippen LogP contribution in [0.1, 0.15) is 24.1 Å². The fourth-order valence-electron chi connectivity index (χ4n) is 2.90. The first-order valence-electron chi connectivity index (χ1n) is 8.34. The summed E-state index contributed by atoms with van der Waals surface area (Å²) in [4.78, 5) is 9.39. The van der Waals surface area contributed by atoms with E-state index >= 15 is 0 Å². The van der Waals surface area contributed by atoms with Crippen molar-refractivity contribution in [3.05, 3.63) is 78.1 Å². The molecule has 0 radical (unpaired) electrons. The van der Waals surface area contributed by atoms with E-state index in [2.05, 4.69) is 48.4 Å². The Kier molecular flexibility index (Phi) is 3.94. The van der Waals surface area contributed by atoms with Gasteiger partial charge in [-0.05, 0) is 43.7 Å². The molecule has 0 saturated heterocycles. The molecule has 0 bridgehead atoms. The monoisotopic (exact) mass is 329 g/mol. The molecule has 0 aliphatic heterocycles. The number of aromatic nitrogens is 2. The third-order valence-electron chi connectivity index (χ3n) is 4.25. The standard InChI is InChI=1S/C21H19N3O/c1-14-10-11-18-17(13-14)20(22-15(2)16-7-4-3-5-8-16)24-21(23-18)19-9-6-12-25-19/h3-13,15H,1-2H3,(H,22,23,24)/t15-/m1/s1. The number of nitrogens with zero attached hydrogens (tertiary/aromatic N) is 2. The van der Waals surface area contributed by atoms with Gasteiger partial charge in [-0.25, -0.2) is 9.97 Å². The van der Waals surface area contributed by atoms with Crippen molar-refractivity contribution in [3.8, 4) is 11.6 Å². The van der Waals surface area contributed by atoms with Crippen molar-refractivity contribution in [1.29, 1.82) is 0 Å². The Hall–Kier alpha value is -3.14.